The van der Waals surface area contributed by atoms with Gasteiger partial charge in [0.2, 0.25) is 0 Å². The van der Waals surface area contributed by atoms with E-state index in [0.29, 0.717) is 12.3 Å². The molecule has 1 spiro atoms. The first-order chi connectivity index (χ1) is 13.0. The number of benzene rings is 2. The van der Waals surface area contributed by atoms with Crippen LogP contribution in [0.3, 0.4) is 0 Å². The SMILES string of the molecule is CC1(C)CC2(CCCCC2)N(C(=O)Oc2ccccc2)Cc2ccccc21. The summed E-state index contributed by atoms with van der Waals surface area (Å²) < 4.78 is 5.81. The van der Waals surface area contributed by atoms with Gasteiger partial charge in [-0.1, -0.05) is 75.6 Å². The lowest BCUT2D eigenvalue weighted by Crippen LogP contribution is -2.54. The van der Waals surface area contributed by atoms with Crippen LogP contribution in [0.25, 0.3) is 0 Å². The van der Waals surface area contributed by atoms with Crippen molar-refractivity contribution in [1.29, 1.82) is 0 Å². The fraction of sp³-hybridized carbons (Fsp3) is 0.458. The molecule has 27 heavy (non-hydrogen) atoms. The number of carbonyl (C=O) groups is 1. The lowest BCUT2D eigenvalue weighted by molar-refractivity contribution is 0.0352. The van der Waals surface area contributed by atoms with Crippen molar-refractivity contribution in [1.82, 2.24) is 4.90 Å². The molecule has 2 aromatic rings. The second-order valence-corrected chi connectivity index (χ2v) is 8.77. The van der Waals surface area contributed by atoms with E-state index in [1.54, 1.807) is 0 Å². The van der Waals surface area contributed by atoms with Crippen molar-refractivity contribution in [2.24, 2.45) is 0 Å². The monoisotopic (exact) mass is 363 g/mol. The number of hydrogen-bond acceptors (Lipinski definition) is 2. The third-order valence-corrected chi connectivity index (χ3v) is 6.37. The van der Waals surface area contributed by atoms with Crippen LogP contribution in [0.2, 0.25) is 0 Å². The number of fused-ring (bicyclic) bond motifs is 1. The number of rotatable bonds is 1. The summed E-state index contributed by atoms with van der Waals surface area (Å²) in [6.07, 6.45) is 6.53. The first-order valence-corrected chi connectivity index (χ1v) is 10.1. The van der Waals surface area contributed by atoms with E-state index in [9.17, 15) is 4.79 Å². The van der Waals surface area contributed by atoms with Crippen molar-refractivity contribution < 1.29 is 9.53 Å². The molecule has 0 aromatic heterocycles. The van der Waals surface area contributed by atoms with Crippen LogP contribution >= 0.6 is 0 Å². The van der Waals surface area contributed by atoms with E-state index >= 15 is 0 Å². The summed E-state index contributed by atoms with van der Waals surface area (Å²) in [5, 5.41) is 0. The smallest absolute Gasteiger partial charge is 0.410 e. The van der Waals surface area contributed by atoms with Crippen LogP contribution in [-0.2, 0) is 12.0 Å². The average molecular weight is 364 g/mol. The number of hydrogen-bond donors (Lipinski definition) is 0. The Kier molecular flexibility index (Phi) is 4.71. The molecule has 1 aliphatic carbocycles. The molecule has 142 valence electrons. The molecule has 2 aromatic carbocycles. The summed E-state index contributed by atoms with van der Waals surface area (Å²) in [5.74, 6) is 0.616. The van der Waals surface area contributed by atoms with Gasteiger partial charge < -0.3 is 4.74 Å². The van der Waals surface area contributed by atoms with Crippen molar-refractivity contribution >= 4 is 6.09 Å². The number of amides is 1. The zero-order valence-corrected chi connectivity index (χ0v) is 16.4. The highest BCUT2D eigenvalue weighted by molar-refractivity contribution is 5.72. The molecule has 1 saturated carbocycles. The van der Waals surface area contributed by atoms with E-state index in [1.807, 2.05) is 35.2 Å². The normalized spacial score (nSPS) is 20.6. The van der Waals surface area contributed by atoms with Crippen LogP contribution < -0.4 is 4.74 Å². The van der Waals surface area contributed by atoms with Gasteiger partial charge in [-0.25, -0.2) is 4.79 Å². The van der Waals surface area contributed by atoms with Gasteiger partial charge in [-0.2, -0.15) is 0 Å². The fourth-order valence-electron chi connectivity index (χ4n) is 5.23. The first kappa shape index (κ1) is 18.1. The number of ether oxygens (including phenoxy) is 1. The maximum absolute atomic E-state index is 13.3. The summed E-state index contributed by atoms with van der Waals surface area (Å²) in [7, 11) is 0. The van der Waals surface area contributed by atoms with Crippen LogP contribution in [0.1, 0.15) is 63.5 Å². The minimum Gasteiger partial charge on any atom is -0.410 e. The van der Waals surface area contributed by atoms with Crippen molar-refractivity contribution in [2.75, 3.05) is 0 Å². The number of para-hydroxylation sites is 1. The van der Waals surface area contributed by atoms with E-state index in [0.717, 1.165) is 19.3 Å². The van der Waals surface area contributed by atoms with Gasteiger partial charge in [0.05, 0.1) is 0 Å². The highest BCUT2D eigenvalue weighted by Gasteiger charge is 2.48. The van der Waals surface area contributed by atoms with Crippen molar-refractivity contribution in [3.05, 3.63) is 65.7 Å². The fourth-order valence-corrected chi connectivity index (χ4v) is 5.23. The Labute approximate surface area is 162 Å². The van der Waals surface area contributed by atoms with Crippen molar-refractivity contribution in [2.45, 2.75) is 69.9 Å². The van der Waals surface area contributed by atoms with E-state index in [4.69, 9.17) is 4.74 Å². The Balaban J connectivity index is 1.73. The molecule has 1 aliphatic heterocycles. The molecule has 1 amide bonds. The van der Waals surface area contributed by atoms with E-state index < -0.39 is 0 Å². The van der Waals surface area contributed by atoms with E-state index in [1.165, 1.54) is 30.4 Å². The van der Waals surface area contributed by atoms with Gasteiger partial charge in [0.25, 0.3) is 0 Å². The lowest BCUT2D eigenvalue weighted by Gasteiger charge is -2.47. The molecule has 0 bridgehead atoms. The second kappa shape index (κ2) is 7.03. The van der Waals surface area contributed by atoms with Crippen LogP contribution in [0.5, 0.6) is 5.75 Å². The van der Waals surface area contributed by atoms with Crippen LogP contribution in [0.15, 0.2) is 54.6 Å². The Hall–Kier alpha value is -2.29. The third kappa shape index (κ3) is 3.47. The minimum atomic E-state index is -0.212. The topological polar surface area (TPSA) is 29.5 Å². The van der Waals surface area contributed by atoms with Crippen LogP contribution in [0.4, 0.5) is 4.79 Å². The Morgan fingerprint density at radius 1 is 0.926 bits per heavy atom. The van der Waals surface area contributed by atoms with Crippen LogP contribution in [-0.4, -0.2) is 16.5 Å². The highest BCUT2D eigenvalue weighted by atomic mass is 16.6. The molecule has 3 nitrogen and oxygen atoms in total. The molecule has 4 rings (SSSR count). The predicted molar refractivity (Wildman–Crippen MR) is 108 cm³/mol. The molecular formula is C24H29NO2. The lowest BCUT2D eigenvalue weighted by atomic mass is 9.68. The van der Waals surface area contributed by atoms with Crippen LogP contribution in [0, 0.1) is 0 Å². The first-order valence-electron chi connectivity index (χ1n) is 10.1. The summed E-state index contributed by atoms with van der Waals surface area (Å²) in [4.78, 5) is 15.4. The van der Waals surface area contributed by atoms with Gasteiger partial charge in [-0.15, -0.1) is 0 Å². The molecule has 1 fully saturated rings. The summed E-state index contributed by atoms with van der Waals surface area (Å²) in [6.45, 7) is 5.29. The molecule has 3 heteroatoms. The summed E-state index contributed by atoms with van der Waals surface area (Å²) in [6, 6.07) is 18.0. The molecule has 1 heterocycles. The zero-order valence-electron chi connectivity index (χ0n) is 16.4. The quantitative estimate of drug-likeness (QED) is 0.615. The Morgan fingerprint density at radius 3 is 2.33 bits per heavy atom. The summed E-state index contributed by atoms with van der Waals surface area (Å²) in [5.41, 5.74) is 2.53. The molecular weight excluding hydrogens is 334 g/mol. The van der Waals surface area contributed by atoms with Gasteiger partial charge in [-0.3, -0.25) is 4.90 Å². The largest absolute Gasteiger partial charge is 0.416 e. The number of nitrogens with zero attached hydrogens (tertiary/aromatic N) is 1. The highest BCUT2D eigenvalue weighted by Crippen LogP contribution is 2.47. The maximum atomic E-state index is 13.3. The molecule has 0 radical (unpaired) electrons. The Morgan fingerprint density at radius 2 is 1.59 bits per heavy atom. The minimum absolute atomic E-state index is 0.0374. The van der Waals surface area contributed by atoms with E-state index in [-0.39, 0.29) is 17.0 Å². The predicted octanol–water partition coefficient (Wildman–Crippen LogP) is 6.07. The molecule has 0 N–H and O–H groups in total. The molecule has 2 aliphatic rings. The van der Waals surface area contributed by atoms with Gasteiger partial charge in [0.15, 0.2) is 0 Å². The van der Waals surface area contributed by atoms with Gasteiger partial charge >= 0.3 is 6.09 Å². The summed E-state index contributed by atoms with van der Waals surface area (Å²) >= 11 is 0. The Bertz CT molecular complexity index is 806. The standard InChI is InChI=1S/C24H29NO2/c1-23(2)18-24(15-9-4-10-16-24)25(17-19-11-7-8-14-21(19)23)22(26)27-20-12-5-3-6-13-20/h3,5-8,11-14H,4,9-10,15-18H2,1-2H3. The van der Waals surface area contributed by atoms with Crippen molar-refractivity contribution in [3.63, 3.8) is 0 Å². The second-order valence-electron chi connectivity index (χ2n) is 8.77. The van der Waals surface area contributed by atoms with Crippen molar-refractivity contribution in [3.8, 4) is 5.75 Å². The molecule has 0 unspecified atom stereocenters. The maximum Gasteiger partial charge on any atom is 0.416 e. The average Bonchev–Trinajstić information content (AvgIpc) is 2.76. The molecule has 0 atom stereocenters. The third-order valence-electron chi connectivity index (χ3n) is 6.37. The van der Waals surface area contributed by atoms with Gasteiger partial charge in [0, 0.05) is 12.1 Å². The van der Waals surface area contributed by atoms with Gasteiger partial charge in [-0.05, 0) is 47.9 Å². The van der Waals surface area contributed by atoms with E-state index in [2.05, 4.69) is 38.1 Å². The molecule has 0 saturated heterocycles. The zero-order chi connectivity index (χ0) is 18.9. The number of carbonyl (C=O) groups excluding carboxylic acids is 1. The van der Waals surface area contributed by atoms with Gasteiger partial charge in [0.1, 0.15) is 5.75 Å².